The first-order valence-corrected chi connectivity index (χ1v) is 7.93. The monoisotopic (exact) mass is 351 g/mol. The molecule has 1 unspecified atom stereocenters. The van der Waals surface area contributed by atoms with Gasteiger partial charge < -0.3 is 5.32 Å². The summed E-state index contributed by atoms with van der Waals surface area (Å²) in [5, 5.41) is 2.77. The van der Waals surface area contributed by atoms with Crippen LogP contribution in [0.5, 0.6) is 0 Å². The van der Waals surface area contributed by atoms with E-state index >= 15 is 0 Å². The Balaban J connectivity index is 2.27. The average Bonchev–Trinajstić information content (AvgIpc) is 2.53. The Kier molecular flexibility index (Phi) is 5.77. The topological polar surface area (TPSA) is 54.9 Å². The normalized spacial score (nSPS) is 12.9. The molecule has 1 N–H and O–H groups in total. The van der Waals surface area contributed by atoms with Gasteiger partial charge in [0.1, 0.15) is 5.69 Å². The summed E-state index contributed by atoms with van der Waals surface area (Å²) in [6.07, 6.45) is -1.10. The van der Waals surface area contributed by atoms with Crippen molar-refractivity contribution in [3.63, 3.8) is 0 Å². The van der Waals surface area contributed by atoms with E-state index in [4.69, 9.17) is 0 Å². The highest BCUT2D eigenvalue weighted by Gasteiger charge is 2.31. The zero-order valence-corrected chi connectivity index (χ0v) is 14.3. The summed E-state index contributed by atoms with van der Waals surface area (Å²) in [5.74, 6) is -0.278. The second kappa shape index (κ2) is 7.63. The molecule has 1 atom stereocenters. The maximum Gasteiger partial charge on any atom is 0.416 e. The molecule has 7 heteroatoms. The predicted molar refractivity (Wildman–Crippen MR) is 87.9 cm³/mol. The molecular formula is C18H20F3N3O. The fourth-order valence-electron chi connectivity index (χ4n) is 2.42. The Hall–Kier alpha value is -2.44. The third kappa shape index (κ3) is 5.27. The molecule has 1 aromatic heterocycles. The Morgan fingerprint density at radius 1 is 1.20 bits per heavy atom. The minimum absolute atomic E-state index is 0.131. The van der Waals surface area contributed by atoms with Gasteiger partial charge >= 0.3 is 6.18 Å². The number of carbonyl (C=O) groups excluding carboxylic acids is 1. The van der Waals surface area contributed by atoms with Gasteiger partial charge in [-0.05, 0) is 37.0 Å². The van der Waals surface area contributed by atoms with Gasteiger partial charge in [0.25, 0.3) is 5.91 Å². The fraction of sp³-hybridized carbons (Fsp3) is 0.389. The maximum atomic E-state index is 13.0. The zero-order chi connectivity index (χ0) is 18.6. The van der Waals surface area contributed by atoms with Gasteiger partial charge in [-0.1, -0.05) is 26.0 Å². The molecule has 1 heterocycles. The lowest BCUT2D eigenvalue weighted by Gasteiger charge is -2.22. The number of aromatic nitrogens is 2. The van der Waals surface area contributed by atoms with E-state index in [2.05, 4.69) is 15.3 Å². The molecule has 0 radical (unpaired) electrons. The van der Waals surface area contributed by atoms with Crippen LogP contribution in [0.2, 0.25) is 0 Å². The van der Waals surface area contributed by atoms with E-state index in [0.717, 1.165) is 12.1 Å². The van der Waals surface area contributed by atoms with Crippen molar-refractivity contribution < 1.29 is 18.0 Å². The minimum atomic E-state index is -4.43. The summed E-state index contributed by atoms with van der Waals surface area (Å²) in [6, 6.07) is 4.49. The van der Waals surface area contributed by atoms with E-state index in [9.17, 15) is 18.0 Å². The van der Waals surface area contributed by atoms with Gasteiger partial charge in [-0.25, -0.2) is 4.98 Å². The van der Waals surface area contributed by atoms with E-state index < -0.39 is 23.7 Å². The fourth-order valence-corrected chi connectivity index (χ4v) is 2.42. The van der Waals surface area contributed by atoms with Crippen LogP contribution in [0.15, 0.2) is 36.7 Å². The smallest absolute Gasteiger partial charge is 0.344 e. The highest BCUT2D eigenvalue weighted by molar-refractivity contribution is 5.92. The standard InChI is InChI=1S/C18H20F3N3O/c1-11(2)7-15(13-5-4-6-14(8-13)18(19,20)21)24-17(25)16-10-22-12(3)9-23-16/h4-6,8-11,15H,7H2,1-3H3,(H,24,25). The number of rotatable bonds is 5. The van der Waals surface area contributed by atoms with Crippen LogP contribution in [0.1, 0.15) is 53.6 Å². The third-order valence-corrected chi connectivity index (χ3v) is 3.64. The molecule has 0 aliphatic rings. The summed E-state index contributed by atoms with van der Waals surface area (Å²) in [7, 11) is 0. The van der Waals surface area contributed by atoms with Gasteiger partial charge in [-0.3, -0.25) is 9.78 Å². The Labute approximate surface area is 144 Å². The van der Waals surface area contributed by atoms with E-state index in [1.54, 1.807) is 13.0 Å². The van der Waals surface area contributed by atoms with Crippen LogP contribution in [0, 0.1) is 12.8 Å². The van der Waals surface area contributed by atoms with E-state index in [-0.39, 0.29) is 11.6 Å². The number of nitrogens with zero attached hydrogens (tertiary/aromatic N) is 2. The van der Waals surface area contributed by atoms with Crippen molar-refractivity contribution in [2.45, 2.75) is 39.4 Å². The number of carbonyl (C=O) groups is 1. The van der Waals surface area contributed by atoms with Crippen LogP contribution in [0.3, 0.4) is 0 Å². The molecule has 0 aliphatic carbocycles. The Morgan fingerprint density at radius 3 is 2.48 bits per heavy atom. The van der Waals surface area contributed by atoms with Crippen LogP contribution in [-0.4, -0.2) is 15.9 Å². The lowest BCUT2D eigenvalue weighted by atomic mass is 9.95. The van der Waals surface area contributed by atoms with E-state index in [1.807, 2.05) is 13.8 Å². The maximum absolute atomic E-state index is 13.0. The Bertz CT molecular complexity index is 727. The second-order valence-corrected chi connectivity index (χ2v) is 6.32. The predicted octanol–water partition coefficient (Wildman–Crippen LogP) is 4.32. The van der Waals surface area contributed by atoms with Crippen molar-refractivity contribution in [3.8, 4) is 0 Å². The lowest BCUT2D eigenvalue weighted by Crippen LogP contribution is -2.30. The summed E-state index contributed by atoms with van der Waals surface area (Å²) < 4.78 is 38.9. The minimum Gasteiger partial charge on any atom is -0.344 e. The highest BCUT2D eigenvalue weighted by atomic mass is 19.4. The summed E-state index contributed by atoms with van der Waals surface area (Å²) in [4.78, 5) is 20.4. The molecule has 1 amide bonds. The average molecular weight is 351 g/mol. The molecule has 2 rings (SSSR count). The molecule has 0 bridgehead atoms. The van der Waals surface area contributed by atoms with Crippen LogP contribution in [0.25, 0.3) is 0 Å². The number of benzene rings is 1. The van der Waals surface area contributed by atoms with Crippen LogP contribution >= 0.6 is 0 Å². The quantitative estimate of drug-likeness (QED) is 0.873. The SMILES string of the molecule is Cc1cnc(C(=O)NC(CC(C)C)c2cccc(C(F)(F)F)c2)cn1. The van der Waals surface area contributed by atoms with Gasteiger partial charge in [-0.15, -0.1) is 0 Å². The molecule has 0 aliphatic heterocycles. The third-order valence-electron chi connectivity index (χ3n) is 3.64. The first kappa shape index (κ1) is 18.9. The highest BCUT2D eigenvalue weighted by Crippen LogP contribution is 2.32. The van der Waals surface area contributed by atoms with Crippen molar-refractivity contribution in [3.05, 3.63) is 59.2 Å². The zero-order valence-electron chi connectivity index (χ0n) is 14.3. The first-order chi connectivity index (χ1) is 11.7. The number of hydrogen-bond donors (Lipinski definition) is 1. The summed E-state index contributed by atoms with van der Waals surface area (Å²) in [5.41, 5.74) is 0.486. The number of aryl methyl sites for hydroxylation is 1. The molecule has 134 valence electrons. The molecule has 4 nitrogen and oxygen atoms in total. The molecule has 1 aromatic carbocycles. The van der Waals surface area contributed by atoms with Crippen molar-refractivity contribution in [1.29, 1.82) is 0 Å². The van der Waals surface area contributed by atoms with Gasteiger partial charge in [-0.2, -0.15) is 13.2 Å². The van der Waals surface area contributed by atoms with Gasteiger partial charge in [0.05, 0.1) is 23.5 Å². The van der Waals surface area contributed by atoms with Gasteiger partial charge in [0.2, 0.25) is 0 Å². The number of hydrogen-bond acceptors (Lipinski definition) is 3. The molecule has 0 saturated heterocycles. The molecule has 0 saturated carbocycles. The van der Waals surface area contributed by atoms with Crippen molar-refractivity contribution in [2.75, 3.05) is 0 Å². The first-order valence-electron chi connectivity index (χ1n) is 7.93. The molecule has 25 heavy (non-hydrogen) atoms. The summed E-state index contributed by atoms with van der Waals surface area (Å²) >= 11 is 0. The number of halogens is 3. The summed E-state index contributed by atoms with van der Waals surface area (Å²) in [6.45, 7) is 5.63. The van der Waals surface area contributed by atoms with E-state index in [0.29, 0.717) is 17.7 Å². The van der Waals surface area contributed by atoms with E-state index in [1.165, 1.54) is 18.5 Å². The molecular weight excluding hydrogens is 331 g/mol. The lowest BCUT2D eigenvalue weighted by molar-refractivity contribution is -0.137. The van der Waals surface area contributed by atoms with Crippen LogP contribution in [0.4, 0.5) is 13.2 Å². The molecule has 0 spiro atoms. The van der Waals surface area contributed by atoms with Crippen LogP contribution < -0.4 is 5.32 Å². The largest absolute Gasteiger partial charge is 0.416 e. The molecule has 2 aromatic rings. The van der Waals surface area contributed by atoms with Gasteiger partial charge in [0.15, 0.2) is 0 Å². The van der Waals surface area contributed by atoms with Gasteiger partial charge in [0, 0.05) is 6.20 Å². The van der Waals surface area contributed by atoms with Crippen molar-refractivity contribution in [1.82, 2.24) is 15.3 Å². The number of alkyl halides is 3. The number of nitrogens with one attached hydrogen (secondary N) is 1. The Morgan fingerprint density at radius 2 is 1.92 bits per heavy atom. The molecule has 0 fully saturated rings. The van der Waals surface area contributed by atoms with Crippen LogP contribution in [-0.2, 0) is 6.18 Å². The van der Waals surface area contributed by atoms with Crippen molar-refractivity contribution >= 4 is 5.91 Å². The van der Waals surface area contributed by atoms with Crippen molar-refractivity contribution in [2.24, 2.45) is 5.92 Å². The second-order valence-electron chi connectivity index (χ2n) is 6.32. The number of amides is 1.